The van der Waals surface area contributed by atoms with E-state index in [1.807, 2.05) is 13.8 Å². The Labute approximate surface area is 129 Å². The molecule has 1 N–H and O–H groups in total. The summed E-state index contributed by atoms with van der Waals surface area (Å²) in [5.74, 6) is 2.38. The molecule has 0 radical (unpaired) electrons. The molecule has 1 aromatic heterocycles. The molecule has 1 atom stereocenters. The molecule has 0 bridgehead atoms. The molecule has 0 aromatic carbocycles. The third kappa shape index (κ3) is 5.15. The molecule has 1 rings (SSSR count). The summed E-state index contributed by atoms with van der Waals surface area (Å²) >= 11 is 0. The normalized spacial score (nSPS) is 13.6. The minimum Gasteiger partial charge on any atom is -0.466 e. The van der Waals surface area contributed by atoms with Crippen molar-refractivity contribution in [2.75, 3.05) is 18.1 Å². The highest BCUT2D eigenvalue weighted by Crippen LogP contribution is 2.30. The first-order chi connectivity index (χ1) is 9.82. The van der Waals surface area contributed by atoms with E-state index in [1.165, 1.54) is 11.1 Å². The Morgan fingerprint density at radius 3 is 2.29 bits per heavy atom. The summed E-state index contributed by atoms with van der Waals surface area (Å²) in [6.45, 7) is 10.8. The number of hydrogen-bond donors (Lipinski definition) is 1. The van der Waals surface area contributed by atoms with Crippen LogP contribution >= 0.6 is 0 Å². The van der Waals surface area contributed by atoms with Gasteiger partial charge in [0.15, 0.2) is 0 Å². The molecular formula is C16H29NO3S. The summed E-state index contributed by atoms with van der Waals surface area (Å²) in [5.41, 5.74) is 2.38. The Hall–Kier alpha value is -0.810. The van der Waals surface area contributed by atoms with Crippen molar-refractivity contribution in [1.82, 2.24) is 5.32 Å². The first-order valence-corrected chi connectivity index (χ1v) is 9.64. The van der Waals surface area contributed by atoms with Gasteiger partial charge >= 0.3 is 0 Å². The van der Waals surface area contributed by atoms with Crippen LogP contribution in [-0.2, 0) is 9.84 Å². The van der Waals surface area contributed by atoms with Crippen molar-refractivity contribution >= 4 is 9.84 Å². The largest absolute Gasteiger partial charge is 0.466 e. The topological polar surface area (TPSA) is 59.3 Å². The van der Waals surface area contributed by atoms with Crippen LogP contribution in [0.4, 0.5) is 0 Å². The SMILES string of the molecule is CCCNC(CCCS(=O)(=O)CC)c1c(C)oc(C)c1C. The van der Waals surface area contributed by atoms with Crippen molar-refractivity contribution in [3.8, 4) is 0 Å². The van der Waals surface area contributed by atoms with Gasteiger partial charge in [-0.25, -0.2) is 8.42 Å². The maximum absolute atomic E-state index is 11.6. The van der Waals surface area contributed by atoms with E-state index in [1.54, 1.807) is 6.92 Å². The predicted octanol–water partition coefficient (Wildman–Crippen LogP) is 3.46. The molecule has 1 unspecified atom stereocenters. The molecule has 0 fully saturated rings. The molecule has 0 aliphatic heterocycles. The minimum atomic E-state index is -2.88. The van der Waals surface area contributed by atoms with Crippen LogP contribution in [0.1, 0.15) is 61.8 Å². The molecular weight excluding hydrogens is 286 g/mol. The van der Waals surface area contributed by atoms with Crippen molar-refractivity contribution in [2.24, 2.45) is 0 Å². The predicted molar refractivity (Wildman–Crippen MR) is 87.5 cm³/mol. The highest BCUT2D eigenvalue weighted by molar-refractivity contribution is 7.91. The van der Waals surface area contributed by atoms with Crippen LogP contribution in [0.3, 0.4) is 0 Å². The number of furan rings is 1. The van der Waals surface area contributed by atoms with E-state index in [0.29, 0.717) is 6.42 Å². The van der Waals surface area contributed by atoms with Gasteiger partial charge in [-0.3, -0.25) is 0 Å². The Bertz CT molecular complexity index is 546. The van der Waals surface area contributed by atoms with Gasteiger partial charge in [-0.1, -0.05) is 13.8 Å². The zero-order valence-electron chi connectivity index (χ0n) is 14.0. The minimum absolute atomic E-state index is 0.175. The highest BCUT2D eigenvalue weighted by atomic mass is 32.2. The summed E-state index contributed by atoms with van der Waals surface area (Å²) in [6.07, 6.45) is 2.55. The maximum atomic E-state index is 11.6. The molecule has 5 heteroatoms. The lowest BCUT2D eigenvalue weighted by Gasteiger charge is -2.19. The van der Waals surface area contributed by atoms with Gasteiger partial charge in [0, 0.05) is 17.4 Å². The fourth-order valence-corrected chi connectivity index (χ4v) is 3.54. The van der Waals surface area contributed by atoms with Crippen molar-refractivity contribution < 1.29 is 12.8 Å². The standard InChI is InChI=1S/C16H29NO3S/c1-6-10-17-15(9-8-11-21(18,19)7-2)16-12(3)13(4)20-14(16)5/h15,17H,6-11H2,1-5H3. The first kappa shape index (κ1) is 18.2. The van der Waals surface area contributed by atoms with Gasteiger partial charge in [-0.2, -0.15) is 0 Å². The van der Waals surface area contributed by atoms with E-state index in [0.717, 1.165) is 30.9 Å². The monoisotopic (exact) mass is 315 g/mol. The molecule has 4 nitrogen and oxygen atoms in total. The summed E-state index contributed by atoms with van der Waals surface area (Å²) in [5, 5.41) is 3.53. The number of sulfone groups is 1. The lowest BCUT2D eigenvalue weighted by atomic mass is 9.98. The fraction of sp³-hybridized carbons (Fsp3) is 0.750. The molecule has 0 saturated carbocycles. The van der Waals surface area contributed by atoms with Gasteiger partial charge in [0.1, 0.15) is 21.4 Å². The van der Waals surface area contributed by atoms with E-state index in [-0.39, 0.29) is 17.5 Å². The molecule has 1 heterocycles. The molecule has 0 spiro atoms. The molecule has 21 heavy (non-hydrogen) atoms. The maximum Gasteiger partial charge on any atom is 0.150 e. The van der Waals surface area contributed by atoms with Gasteiger partial charge in [0.25, 0.3) is 0 Å². The highest BCUT2D eigenvalue weighted by Gasteiger charge is 2.21. The van der Waals surface area contributed by atoms with Crippen molar-refractivity contribution in [3.05, 3.63) is 22.6 Å². The van der Waals surface area contributed by atoms with Crippen LogP contribution in [0.25, 0.3) is 0 Å². The van der Waals surface area contributed by atoms with Crippen LogP contribution in [-0.4, -0.2) is 26.5 Å². The lowest BCUT2D eigenvalue weighted by molar-refractivity contribution is 0.465. The van der Waals surface area contributed by atoms with Gasteiger partial charge < -0.3 is 9.73 Å². The fourth-order valence-electron chi connectivity index (χ4n) is 2.64. The summed E-state index contributed by atoms with van der Waals surface area (Å²) in [4.78, 5) is 0. The Kier molecular flexibility index (Phi) is 6.94. The van der Waals surface area contributed by atoms with E-state index < -0.39 is 9.84 Å². The molecule has 1 aromatic rings. The van der Waals surface area contributed by atoms with E-state index in [2.05, 4.69) is 19.2 Å². The van der Waals surface area contributed by atoms with Crippen LogP contribution in [0.15, 0.2) is 4.42 Å². The third-order valence-electron chi connectivity index (χ3n) is 3.99. The van der Waals surface area contributed by atoms with Gasteiger partial charge in [0.05, 0.1) is 5.75 Å². The first-order valence-electron chi connectivity index (χ1n) is 7.82. The van der Waals surface area contributed by atoms with Crippen LogP contribution in [0.5, 0.6) is 0 Å². The van der Waals surface area contributed by atoms with Crippen LogP contribution in [0.2, 0.25) is 0 Å². The molecule has 0 amide bonds. The molecule has 122 valence electrons. The van der Waals surface area contributed by atoms with Gasteiger partial charge in [-0.15, -0.1) is 0 Å². The lowest BCUT2D eigenvalue weighted by Crippen LogP contribution is -2.24. The second-order valence-electron chi connectivity index (χ2n) is 5.64. The number of hydrogen-bond acceptors (Lipinski definition) is 4. The Morgan fingerprint density at radius 1 is 1.14 bits per heavy atom. The van der Waals surface area contributed by atoms with E-state index >= 15 is 0 Å². The summed E-state index contributed by atoms with van der Waals surface area (Å²) in [7, 11) is -2.88. The van der Waals surface area contributed by atoms with E-state index in [4.69, 9.17) is 4.42 Å². The van der Waals surface area contributed by atoms with E-state index in [9.17, 15) is 8.42 Å². The number of nitrogens with one attached hydrogen (secondary N) is 1. The summed E-state index contributed by atoms with van der Waals surface area (Å²) < 4.78 is 29.0. The van der Waals surface area contributed by atoms with Gasteiger partial charge in [-0.05, 0) is 52.1 Å². The molecule has 0 aliphatic carbocycles. The Morgan fingerprint density at radius 2 is 1.81 bits per heavy atom. The Balaban J connectivity index is 2.81. The third-order valence-corrected chi connectivity index (χ3v) is 5.79. The number of aryl methyl sites for hydroxylation is 2. The van der Waals surface area contributed by atoms with Crippen molar-refractivity contribution in [3.63, 3.8) is 0 Å². The van der Waals surface area contributed by atoms with Gasteiger partial charge in [0.2, 0.25) is 0 Å². The average molecular weight is 315 g/mol. The second kappa shape index (κ2) is 7.99. The van der Waals surface area contributed by atoms with Crippen molar-refractivity contribution in [1.29, 1.82) is 0 Å². The average Bonchev–Trinajstić information content (AvgIpc) is 2.68. The van der Waals surface area contributed by atoms with Crippen molar-refractivity contribution in [2.45, 2.75) is 59.9 Å². The second-order valence-corrected chi connectivity index (χ2v) is 8.11. The summed E-state index contributed by atoms with van der Waals surface area (Å²) in [6, 6.07) is 0.175. The quantitative estimate of drug-likeness (QED) is 0.758. The van der Waals surface area contributed by atoms with Crippen LogP contribution in [0, 0.1) is 20.8 Å². The van der Waals surface area contributed by atoms with Crippen LogP contribution < -0.4 is 5.32 Å². The zero-order chi connectivity index (χ0) is 16.0. The zero-order valence-corrected chi connectivity index (χ0v) is 14.8. The molecule has 0 saturated heterocycles. The number of rotatable bonds is 9. The molecule has 0 aliphatic rings. The smallest absolute Gasteiger partial charge is 0.150 e.